The molecule has 0 radical (unpaired) electrons. The lowest BCUT2D eigenvalue weighted by molar-refractivity contribution is -0.0537. The smallest absolute Gasteiger partial charge is 0.0673 e. The molecule has 0 amide bonds. The van der Waals surface area contributed by atoms with Crippen molar-refractivity contribution >= 4 is 0 Å². The average molecular weight is 200 g/mol. The highest BCUT2D eigenvalue weighted by molar-refractivity contribution is 4.88. The Balaban J connectivity index is 4.61. The summed E-state index contributed by atoms with van der Waals surface area (Å²) in [6, 6.07) is 0. The van der Waals surface area contributed by atoms with Gasteiger partial charge in [0.1, 0.15) is 0 Å². The molecule has 1 unspecified atom stereocenters. The van der Waals surface area contributed by atoms with Gasteiger partial charge in [-0.1, -0.05) is 48.5 Å². The molecule has 0 aromatic rings. The van der Waals surface area contributed by atoms with Crippen LogP contribution in [0.15, 0.2) is 0 Å². The first kappa shape index (κ1) is 14.0. The number of hydrogen-bond acceptors (Lipinski definition) is 1. The van der Waals surface area contributed by atoms with Gasteiger partial charge in [0.05, 0.1) is 5.60 Å². The third-order valence-electron chi connectivity index (χ3n) is 4.01. The second-order valence-electron chi connectivity index (χ2n) is 5.93. The summed E-state index contributed by atoms with van der Waals surface area (Å²) in [5.74, 6) is 0.949. The van der Waals surface area contributed by atoms with E-state index < -0.39 is 5.60 Å². The molecule has 0 fully saturated rings. The molecule has 0 aliphatic heterocycles. The molecule has 1 heteroatoms. The van der Waals surface area contributed by atoms with Crippen molar-refractivity contribution in [3.8, 4) is 0 Å². The normalized spacial score (nSPS) is 17.6. The molecule has 0 aliphatic carbocycles. The van der Waals surface area contributed by atoms with Crippen molar-refractivity contribution in [2.75, 3.05) is 0 Å². The highest BCUT2D eigenvalue weighted by Gasteiger charge is 2.36. The molecule has 0 spiro atoms. The van der Waals surface area contributed by atoms with E-state index in [0.29, 0.717) is 11.8 Å². The van der Waals surface area contributed by atoms with E-state index in [1.807, 2.05) is 0 Å². The van der Waals surface area contributed by atoms with Crippen LogP contribution in [-0.4, -0.2) is 10.7 Å². The summed E-state index contributed by atoms with van der Waals surface area (Å²) in [5.41, 5.74) is -0.275. The van der Waals surface area contributed by atoms with Crippen LogP contribution in [0, 0.1) is 17.3 Å². The highest BCUT2D eigenvalue weighted by atomic mass is 16.3. The maximum Gasteiger partial charge on any atom is 0.0673 e. The monoisotopic (exact) mass is 200 g/mol. The minimum Gasteiger partial charge on any atom is -0.390 e. The van der Waals surface area contributed by atoms with Crippen LogP contribution >= 0.6 is 0 Å². The zero-order valence-corrected chi connectivity index (χ0v) is 11.0. The lowest BCUT2D eigenvalue weighted by Gasteiger charge is -2.40. The molecule has 1 N–H and O–H groups in total. The van der Waals surface area contributed by atoms with Crippen molar-refractivity contribution < 1.29 is 5.11 Å². The van der Waals surface area contributed by atoms with Gasteiger partial charge in [0.15, 0.2) is 0 Å². The summed E-state index contributed by atoms with van der Waals surface area (Å²) in [6.07, 6.45) is 1.74. The maximum atomic E-state index is 10.5. The zero-order valence-electron chi connectivity index (χ0n) is 11.0. The summed E-state index contributed by atoms with van der Waals surface area (Å²) in [4.78, 5) is 0. The standard InChI is InChI=1S/C13H28O/c1-8-13(14,11(4)5)9-12(6,7)10(2)3/h10-11,14H,8-9H2,1-7H3. The van der Waals surface area contributed by atoms with E-state index in [1.165, 1.54) is 0 Å². The molecule has 0 saturated carbocycles. The maximum absolute atomic E-state index is 10.5. The molecule has 86 valence electrons. The Bertz CT molecular complexity index is 170. The SMILES string of the molecule is CCC(O)(CC(C)(C)C(C)C)C(C)C. The van der Waals surface area contributed by atoms with Gasteiger partial charge in [-0.3, -0.25) is 0 Å². The summed E-state index contributed by atoms with van der Waals surface area (Å²) in [5, 5.41) is 10.5. The van der Waals surface area contributed by atoms with Crippen LogP contribution in [0.2, 0.25) is 0 Å². The number of aliphatic hydroxyl groups is 1. The minimum atomic E-state index is -0.492. The number of rotatable bonds is 5. The Hall–Kier alpha value is -0.0400. The van der Waals surface area contributed by atoms with Gasteiger partial charge in [0, 0.05) is 0 Å². The van der Waals surface area contributed by atoms with Crippen LogP contribution < -0.4 is 0 Å². The van der Waals surface area contributed by atoms with Crippen molar-refractivity contribution in [2.45, 2.75) is 66.9 Å². The van der Waals surface area contributed by atoms with Crippen LogP contribution in [0.5, 0.6) is 0 Å². The molecule has 0 bridgehead atoms. The topological polar surface area (TPSA) is 20.2 Å². The Morgan fingerprint density at radius 3 is 1.64 bits per heavy atom. The Morgan fingerprint density at radius 2 is 1.43 bits per heavy atom. The van der Waals surface area contributed by atoms with Gasteiger partial charge < -0.3 is 5.11 Å². The van der Waals surface area contributed by atoms with E-state index in [9.17, 15) is 5.11 Å². The molecule has 1 atom stereocenters. The van der Waals surface area contributed by atoms with Crippen LogP contribution in [0.1, 0.15) is 61.3 Å². The number of hydrogen-bond donors (Lipinski definition) is 1. The van der Waals surface area contributed by atoms with Gasteiger partial charge in [-0.2, -0.15) is 0 Å². The van der Waals surface area contributed by atoms with E-state index in [2.05, 4.69) is 48.5 Å². The van der Waals surface area contributed by atoms with E-state index in [-0.39, 0.29) is 5.41 Å². The predicted molar refractivity (Wildman–Crippen MR) is 63.3 cm³/mol. The lowest BCUT2D eigenvalue weighted by atomic mass is 9.69. The van der Waals surface area contributed by atoms with Crippen LogP contribution in [0.25, 0.3) is 0 Å². The second kappa shape index (κ2) is 4.65. The summed E-state index contributed by atoms with van der Waals surface area (Å²) >= 11 is 0. The van der Waals surface area contributed by atoms with Crippen LogP contribution in [0.4, 0.5) is 0 Å². The molecular formula is C13H28O. The van der Waals surface area contributed by atoms with E-state index in [1.54, 1.807) is 0 Å². The molecule has 14 heavy (non-hydrogen) atoms. The van der Waals surface area contributed by atoms with Crippen molar-refractivity contribution in [3.05, 3.63) is 0 Å². The minimum absolute atomic E-state index is 0.217. The van der Waals surface area contributed by atoms with Crippen LogP contribution in [-0.2, 0) is 0 Å². The third kappa shape index (κ3) is 3.27. The largest absolute Gasteiger partial charge is 0.390 e. The molecule has 0 aromatic carbocycles. The Kier molecular flexibility index (Phi) is 4.64. The van der Waals surface area contributed by atoms with Crippen molar-refractivity contribution in [2.24, 2.45) is 17.3 Å². The second-order valence-corrected chi connectivity index (χ2v) is 5.93. The van der Waals surface area contributed by atoms with E-state index in [0.717, 1.165) is 12.8 Å². The van der Waals surface area contributed by atoms with Crippen molar-refractivity contribution in [1.82, 2.24) is 0 Å². The van der Waals surface area contributed by atoms with Gasteiger partial charge in [0.2, 0.25) is 0 Å². The summed E-state index contributed by atoms with van der Waals surface area (Å²) < 4.78 is 0. The van der Waals surface area contributed by atoms with Gasteiger partial charge >= 0.3 is 0 Å². The average Bonchev–Trinajstić information content (AvgIpc) is 2.02. The summed E-state index contributed by atoms with van der Waals surface area (Å²) in [7, 11) is 0. The summed E-state index contributed by atoms with van der Waals surface area (Å²) in [6.45, 7) is 15.3. The molecule has 0 saturated heterocycles. The fourth-order valence-corrected chi connectivity index (χ4v) is 1.73. The van der Waals surface area contributed by atoms with Crippen LogP contribution in [0.3, 0.4) is 0 Å². The Labute approximate surface area is 89.9 Å². The Morgan fingerprint density at radius 1 is 1.00 bits per heavy atom. The van der Waals surface area contributed by atoms with E-state index >= 15 is 0 Å². The highest BCUT2D eigenvalue weighted by Crippen LogP contribution is 2.39. The van der Waals surface area contributed by atoms with Gasteiger partial charge in [0.25, 0.3) is 0 Å². The molecule has 0 aromatic heterocycles. The first-order valence-corrected chi connectivity index (χ1v) is 5.88. The lowest BCUT2D eigenvalue weighted by Crippen LogP contribution is -2.40. The fraction of sp³-hybridized carbons (Fsp3) is 1.00. The van der Waals surface area contributed by atoms with Crippen molar-refractivity contribution in [3.63, 3.8) is 0 Å². The quantitative estimate of drug-likeness (QED) is 0.714. The van der Waals surface area contributed by atoms with Gasteiger partial charge in [-0.15, -0.1) is 0 Å². The van der Waals surface area contributed by atoms with Crippen molar-refractivity contribution in [1.29, 1.82) is 0 Å². The molecular weight excluding hydrogens is 172 g/mol. The first-order valence-electron chi connectivity index (χ1n) is 5.88. The molecule has 0 rings (SSSR count). The van der Waals surface area contributed by atoms with E-state index in [4.69, 9.17) is 0 Å². The predicted octanol–water partition coefficient (Wildman–Crippen LogP) is 3.86. The third-order valence-corrected chi connectivity index (χ3v) is 4.01. The molecule has 0 heterocycles. The molecule has 0 aliphatic rings. The zero-order chi connectivity index (χ0) is 11.6. The van der Waals surface area contributed by atoms with Gasteiger partial charge in [-0.05, 0) is 30.1 Å². The van der Waals surface area contributed by atoms with Gasteiger partial charge in [-0.25, -0.2) is 0 Å². The fourth-order valence-electron chi connectivity index (χ4n) is 1.73. The molecule has 1 nitrogen and oxygen atoms in total. The first-order chi connectivity index (χ1) is 6.15.